The summed E-state index contributed by atoms with van der Waals surface area (Å²) in [5.74, 6) is 0.647. The molecule has 0 aromatic carbocycles. The van der Waals surface area contributed by atoms with Crippen molar-refractivity contribution in [3.05, 3.63) is 11.5 Å². The van der Waals surface area contributed by atoms with Gasteiger partial charge in [0.05, 0.1) is 6.04 Å². The highest BCUT2D eigenvalue weighted by Gasteiger charge is 2.36. The van der Waals surface area contributed by atoms with E-state index in [1.165, 1.54) is 6.33 Å². The van der Waals surface area contributed by atoms with E-state index in [2.05, 4.69) is 15.3 Å². The van der Waals surface area contributed by atoms with Gasteiger partial charge in [-0.25, -0.2) is 14.8 Å². The van der Waals surface area contributed by atoms with E-state index < -0.39 is 0 Å². The van der Waals surface area contributed by atoms with Crippen LogP contribution in [-0.4, -0.2) is 53.1 Å². The van der Waals surface area contributed by atoms with E-state index in [4.69, 9.17) is 17.3 Å². The molecule has 2 aliphatic rings. The Kier molecular flexibility index (Phi) is 2.62. The topological polar surface area (TPSA) is 87.4 Å². The van der Waals surface area contributed by atoms with Gasteiger partial charge in [0, 0.05) is 26.2 Å². The van der Waals surface area contributed by atoms with E-state index in [1.807, 2.05) is 9.80 Å². The van der Waals surface area contributed by atoms with Crippen LogP contribution in [-0.2, 0) is 0 Å². The second-order valence-electron chi connectivity index (χ2n) is 4.38. The number of anilines is 2. The number of rotatable bonds is 1. The van der Waals surface area contributed by atoms with Crippen LogP contribution in [0.25, 0.3) is 0 Å². The van der Waals surface area contributed by atoms with E-state index in [0.717, 1.165) is 0 Å². The zero-order valence-corrected chi connectivity index (χ0v) is 10.4. The second kappa shape index (κ2) is 4.16. The average Bonchev–Trinajstić information content (AvgIpc) is 2.74. The summed E-state index contributed by atoms with van der Waals surface area (Å²) in [5, 5.41) is 3.10. The molecule has 18 heavy (non-hydrogen) atoms. The molecule has 1 atom stereocenters. The number of fused-ring (bicyclic) bond motifs is 1. The van der Waals surface area contributed by atoms with Gasteiger partial charge in [-0.05, 0) is 0 Å². The van der Waals surface area contributed by atoms with Crippen LogP contribution >= 0.6 is 11.6 Å². The Labute approximate surface area is 109 Å². The molecule has 3 rings (SSSR count). The Bertz CT molecular complexity index is 495. The minimum atomic E-state index is 0.00772. The van der Waals surface area contributed by atoms with Gasteiger partial charge in [-0.15, -0.1) is 0 Å². The second-order valence-corrected chi connectivity index (χ2v) is 4.74. The largest absolute Gasteiger partial charge is 0.393 e. The monoisotopic (exact) mass is 268 g/mol. The molecule has 3 N–H and O–H groups in total. The van der Waals surface area contributed by atoms with Crippen molar-refractivity contribution in [3.63, 3.8) is 0 Å². The maximum atomic E-state index is 11.5. The SMILES string of the molecule is Nc1c(Cl)ncnc1N1CCN2C(=O)NCC2C1. The van der Waals surface area contributed by atoms with Crippen LogP contribution < -0.4 is 16.0 Å². The van der Waals surface area contributed by atoms with Gasteiger partial charge in [0.2, 0.25) is 0 Å². The predicted molar refractivity (Wildman–Crippen MR) is 67.6 cm³/mol. The number of nitrogens with zero attached hydrogens (tertiary/aromatic N) is 4. The number of hydrogen-bond donors (Lipinski definition) is 2. The number of aromatic nitrogens is 2. The number of hydrogen-bond acceptors (Lipinski definition) is 5. The van der Waals surface area contributed by atoms with E-state index >= 15 is 0 Å². The lowest BCUT2D eigenvalue weighted by atomic mass is 10.2. The van der Waals surface area contributed by atoms with Gasteiger partial charge in [0.25, 0.3) is 0 Å². The fraction of sp³-hybridized carbons (Fsp3) is 0.500. The van der Waals surface area contributed by atoms with Crippen LogP contribution in [0.2, 0.25) is 5.15 Å². The van der Waals surface area contributed by atoms with E-state index in [0.29, 0.717) is 37.7 Å². The Hall–Kier alpha value is -1.76. The number of nitrogens with two attached hydrogens (primary N) is 1. The fourth-order valence-electron chi connectivity index (χ4n) is 2.41. The first-order valence-electron chi connectivity index (χ1n) is 5.72. The zero-order valence-electron chi connectivity index (χ0n) is 9.64. The molecule has 2 fully saturated rings. The number of amides is 2. The highest BCUT2D eigenvalue weighted by Crippen LogP contribution is 2.28. The number of halogens is 1. The van der Waals surface area contributed by atoms with Crippen LogP contribution in [0.4, 0.5) is 16.3 Å². The van der Waals surface area contributed by atoms with Crippen LogP contribution in [0, 0.1) is 0 Å². The molecule has 96 valence electrons. The molecule has 1 aromatic rings. The molecule has 0 bridgehead atoms. The molecule has 0 saturated carbocycles. The van der Waals surface area contributed by atoms with Gasteiger partial charge in [-0.2, -0.15) is 0 Å². The van der Waals surface area contributed by atoms with Crippen LogP contribution in [0.5, 0.6) is 0 Å². The summed E-state index contributed by atoms with van der Waals surface area (Å²) in [6, 6.07) is 0.174. The Morgan fingerprint density at radius 1 is 1.44 bits per heavy atom. The van der Waals surface area contributed by atoms with Gasteiger partial charge in [0.15, 0.2) is 11.0 Å². The van der Waals surface area contributed by atoms with Crippen LogP contribution in [0.1, 0.15) is 0 Å². The first-order chi connectivity index (χ1) is 8.66. The fourth-order valence-corrected chi connectivity index (χ4v) is 2.54. The highest BCUT2D eigenvalue weighted by molar-refractivity contribution is 6.32. The lowest BCUT2D eigenvalue weighted by Crippen LogP contribution is -2.52. The van der Waals surface area contributed by atoms with Crippen molar-refractivity contribution < 1.29 is 4.79 Å². The molecule has 1 aromatic heterocycles. The zero-order chi connectivity index (χ0) is 12.7. The quantitative estimate of drug-likeness (QED) is 0.696. The third-order valence-corrected chi connectivity index (χ3v) is 3.65. The molecule has 7 nitrogen and oxygen atoms in total. The van der Waals surface area contributed by atoms with Crippen molar-refractivity contribution in [2.75, 3.05) is 36.8 Å². The minimum Gasteiger partial charge on any atom is -0.393 e. The minimum absolute atomic E-state index is 0.00772. The van der Waals surface area contributed by atoms with Crippen molar-refractivity contribution >= 4 is 29.1 Å². The standard InChI is InChI=1S/C10H13ClN6O/c11-8-7(12)9(15-5-14-8)16-1-2-17-6(4-16)3-13-10(17)18/h5-6H,1-4,12H2,(H,13,18). The molecule has 8 heteroatoms. The number of piperazine rings is 1. The molecule has 2 amide bonds. The van der Waals surface area contributed by atoms with Gasteiger partial charge in [0.1, 0.15) is 12.0 Å². The van der Waals surface area contributed by atoms with Crippen molar-refractivity contribution in [1.29, 1.82) is 0 Å². The van der Waals surface area contributed by atoms with Crippen molar-refractivity contribution in [2.24, 2.45) is 0 Å². The number of urea groups is 1. The molecule has 1 unspecified atom stereocenters. The molecule has 0 radical (unpaired) electrons. The van der Waals surface area contributed by atoms with Gasteiger partial charge < -0.3 is 20.9 Å². The van der Waals surface area contributed by atoms with Crippen molar-refractivity contribution in [1.82, 2.24) is 20.2 Å². The number of nitrogen functional groups attached to an aromatic ring is 1. The summed E-state index contributed by atoms with van der Waals surface area (Å²) in [7, 11) is 0. The molecule has 2 aliphatic heterocycles. The van der Waals surface area contributed by atoms with Crippen molar-refractivity contribution in [3.8, 4) is 0 Å². The van der Waals surface area contributed by atoms with E-state index in [1.54, 1.807) is 0 Å². The summed E-state index contributed by atoms with van der Waals surface area (Å²) in [6.07, 6.45) is 1.40. The Balaban J connectivity index is 1.83. The van der Waals surface area contributed by atoms with E-state index in [-0.39, 0.29) is 17.2 Å². The summed E-state index contributed by atoms with van der Waals surface area (Å²) in [4.78, 5) is 23.4. The number of carbonyl (C=O) groups is 1. The lowest BCUT2D eigenvalue weighted by Gasteiger charge is -2.37. The predicted octanol–water partition coefficient (Wildman–Crippen LogP) is -0.0740. The Morgan fingerprint density at radius 2 is 2.28 bits per heavy atom. The molecular weight excluding hydrogens is 256 g/mol. The van der Waals surface area contributed by atoms with Crippen molar-refractivity contribution in [2.45, 2.75) is 6.04 Å². The van der Waals surface area contributed by atoms with Gasteiger partial charge >= 0.3 is 6.03 Å². The number of nitrogens with one attached hydrogen (secondary N) is 1. The molecule has 0 spiro atoms. The van der Waals surface area contributed by atoms with Crippen LogP contribution in [0.15, 0.2) is 6.33 Å². The number of carbonyl (C=O) groups excluding carboxylic acids is 1. The van der Waals surface area contributed by atoms with Gasteiger partial charge in [-0.1, -0.05) is 11.6 Å². The summed E-state index contributed by atoms with van der Waals surface area (Å²) in [6.45, 7) is 2.73. The molecule has 3 heterocycles. The molecular formula is C10H13ClN6O. The lowest BCUT2D eigenvalue weighted by molar-refractivity contribution is 0.197. The normalized spacial score (nSPS) is 22.9. The highest BCUT2D eigenvalue weighted by atomic mass is 35.5. The third kappa shape index (κ3) is 1.71. The van der Waals surface area contributed by atoms with E-state index in [9.17, 15) is 4.79 Å². The maximum absolute atomic E-state index is 11.5. The maximum Gasteiger partial charge on any atom is 0.317 e. The molecule has 2 saturated heterocycles. The smallest absolute Gasteiger partial charge is 0.317 e. The molecule has 0 aliphatic carbocycles. The average molecular weight is 269 g/mol. The first kappa shape index (κ1) is 11.3. The first-order valence-corrected chi connectivity index (χ1v) is 6.10. The van der Waals surface area contributed by atoms with Crippen LogP contribution in [0.3, 0.4) is 0 Å². The third-order valence-electron chi connectivity index (χ3n) is 3.35. The van der Waals surface area contributed by atoms with Gasteiger partial charge in [-0.3, -0.25) is 0 Å². The Morgan fingerprint density at radius 3 is 3.11 bits per heavy atom. The summed E-state index contributed by atoms with van der Waals surface area (Å²) < 4.78 is 0. The summed E-state index contributed by atoms with van der Waals surface area (Å²) >= 11 is 5.89. The summed E-state index contributed by atoms with van der Waals surface area (Å²) in [5.41, 5.74) is 6.28.